The van der Waals surface area contributed by atoms with Crippen LogP contribution < -0.4 is 15.5 Å². The molecule has 0 aliphatic carbocycles. The highest BCUT2D eigenvalue weighted by Gasteiger charge is 2.33. The average Bonchev–Trinajstić information content (AvgIpc) is 2.45. The van der Waals surface area contributed by atoms with Crippen molar-refractivity contribution < 1.29 is 9.72 Å². The fourth-order valence-corrected chi connectivity index (χ4v) is 2.55. The van der Waals surface area contributed by atoms with Crippen molar-refractivity contribution in [3.63, 3.8) is 0 Å². The van der Waals surface area contributed by atoms with E-state index < -0.39 is 11.0 Å². The number of nitro benzene ring substituents is 1. The topological polar surface area (TPSA) is 87.5 Å². The summed E-state index contributed by atoms with van der Waals surface area (Å²) in [5, 5.41) is 17.0. The number of hydrogen-bond donors (Lipinski definition) is 2. The van der Waals surface area contributed by atoms with Crippen molar-refractivity contribution in [2.75, 3.05) is 31.6 Å². The van der Waals surface area contributed by atoms with Crippen LogP contribution in [0.4, 0.5) is 11.4 Å². The summed E-state index contributed by atoms with van der Waals surface area (Å²) in [6.45, 7) is 1.58. The van der Waals surface area contributed by atoms with Crippen LogP contribution in [0.2, 0.25) is 5.02 Å². The molecule has 1 heterocycles. The van der Waals surface area contributed by atoms with Crippen LogP contribution in [0, 0.1) is 10.1 Å². The Labute approximate surface area is 121 Å². The molecule has 2 N–H and O–H groups in total. The molecule has 1 aromatic carbocycles. The number of amides is 1. The minimum Gasteiger partial charge on any atom is -0.357 e. The number of likely N-dealkylation sites (N-methyl/N-ethyl adjacent to an activating group) is 1. The Bertz CT molecular complexity index is 537. The van der Waals surface area contributed by atoms with Crippen molar-refractivity contribution in [3.8, 4) is 0 Å². The number of rotatable bonds is 3. The van der Waals surface area contributed by atoms with Gasteiger partial charge in [0.2, 0.25) is 5.91 Å². The lowest BCUT2D eigenvalue weighted by atomic mass is 10.1. The lowest BCUT2D eigenvalue weighted by Crippen LogP contribution is -2.57. The molecule has 20 heavy (non-hydrogen) atoms. The van der Waals surface area contributed by atoms with E-state index >= 15 is 0 Å². The van der Waals surface area contributed by atoms with E-state index in [1.165, 1.54) is 6.07 Å². The fourth-order valence-electron chi connectivity index (χ4n) is 2.31. The molecule has 0 saturated carbocycles. The summed E-state index contributed by atoms with van der Waals surface area (Å²) < 4.78 is 0. The third-order valence-corrected chi connectivity index (χ3v) is 3.55. The number of carbonyl (C=O) groups is 1. The van der Waals surface area contributed by atoms with Crippen LogP contribution in [-0.4, -0.2) is 43.6 Å². The first-order valence-electron chi connectivity index (χ1n) is 6.18. The minimum absolute atomic E-state index is 0.0710. The van der Waals surface area contributed by atoms with Gasteiger partial charge in [0.05, 0.1) is 4.92 Å². The van der Waals surface area contributed by atoms with Crippen LogP contribution in [0.3, 0.4) is 0 Å². The second-order valence-electron chi connectivity index (χ2n) is 4.39. The highest BCUT2D eigenvalue weighted by molar-refractivity contribution is 6.33. The summed E-state index contributed by atoms with van der Waals surface area (Å²) in [7, 11) is 1.54. The third-order valence-electron chi connectivity index (χ3n) is 3.25. The lowest BCUT2D eigenvalue weighted by Gasteiger charge is -2.36. The summed E-state index contributed by atoms with van der Waals surface area (Å²) in [5.41, 5.74) is 0.211. The van der Waals surface area contributed by atoms with Crippen molar-refractivity contribution in [1.82, 2.24) is 10.6 Å². The van der Waals surface area contributed by atoms with Gasteiger partial charge in [-0.1, -0.05) is 17.7 Å². The Morgan fingerprint density at radius 2 is 2.35 bits per heavy atom. The number of hydrogen-bond acceptors (Lipinski definition) is 5. The second kappa shape index (κ2) is 6.06. The molecule has 2 rings (SSSR count). The molecule has 8 heteroatoms. The van der Waals surface area contributed by atoms with Crippen molar-refractivity contribution in [1.29, 1.82) is 0 Å². The maximum atomic E-state index is 11.9. The van der Waals surface area contributed by atoms with Gasteiger partial charge < -0.3 is 15.5 Å². The molecule has 1 amide bonds. The summed E-state index contributed by atoms with van der Waals surface area (Å²) in [6, 6.07) is 4.24. The maximum absolute atomic E-state index is 11.9. The zero-order chi connectivity index (χ0) is 14.7. The zero-order valence-corrected chi connectivity index (χ0v) is 11.7. The predicted molar refractivity (Wildman–Crippen MR) is 76.2 cm³/mol. The molecule has 108 valence electrons. The summed E-state index contributed by atoms with van der Waals surface area (Å²) in [6.07, 6.45) is 0. The van der Waals surface area contributed by atoms with Gasteiger partial charge >= 0.3 is 5.69 Å². The Hall–Kier alpha value is -1.86. The van der Waals surface area contributed by atoms with E-state index in [1.54, 1.807) is 24.1 Å². The van der Waals surface area contributed by atoms with Gasteiger partial charge in [-0.3, -0.25) is 14.9 Å². The summed E-state index contributed by atoms with van der Waals surface area (Å²) >= 11 is 5.92. The normalized spacial score (nSPS) is 18.7. The lowest BCUT2D eigenvalue weighted by molar-refractivity contribution is -0.384. The number of para-hydroxylation sites is 1. The van der Waals surface area contributed by atoms with E-state index in [-0.39, 0.29) is 16.6 Å². The molecular formula is C12H15ClN4O3. The van der Waals surface area contributed by atoms with Gasteiger partial charge in [-0.05, 0) is 12.1 Å². The zero-order valence-electron chi connectivity index (χ0n) is 10.9. The van der Waals surface area contributed by atoms with Crippen molar-refractivity contribution in [3.05, 3.63) is 33.3 Å². The molecule has 1 aromatic rings. The number of carbonyl (C=O) groups excluding carboxylic acids is 1. The average molecular weight is 299 g/mol. The first-order chi connectivity index (χ1) is 9.56. The molecule has 0 spiro atoms. The van der Waals surface area contributed by atoms with Crippen molar-refractivity contribution in [2.24, 2.45) is 0 Å². The van der Waals surface area contributed by atoms with E-state index in [0.29, 0.717) is 25.3 Å². The van der Waals surface area contributed by atoms with E-state index in [4.69, 9.17) is 11.6 Å². The van der Waals surface area contributed by atoms with E-state index in [0.717, 1.165) is 0 Å². The Balaban J connectivity index is 2.45. The molecule has 0 aromatic heterocycles. The number of nitro groups is 1. The summed E-state index contributed by atoms with van der Waals surface area (Å²) in [4.78, 5) is 24.3. The first kappa shape index (κ1) is 14.5. The number of anilines is 1. The standard InChI is InChI=1S/C12H15ClN4O3/c1-14-12(18)10-7-15-5-6-16(10)9-4-2-3-8(13)11(9)17(19)20/h2-4,10,15H,5-7H2,1H3,(H,14,18). The maximum Gasteiger partial charge on any atom is 0.310 e. The van der Waals surface area contributed by atoms with Crippen LogP contribution in [0.5, 0.6) is 0 Å². The largest absolute Gasteiger partial charge is 0.357 e. The van der Waals surface area contributed by atoms with E-state index in [1.807, 2.05) is 0 Å². The molecule has 0 radical (unpaired) electrons. The van der Waals surface area contributed by atoms with Gasteiger partial charge in [0.25, 0.3) is 0 Å². The number of nitrogens with one attached hydrogen (secondary N) is 2. The van der Waals surface area contributed by atoms with Gasteiger partial charge in [0.15, 0.2) is 0 Å². The Morgan fingerprint density at radius 1 is 1.60 bits per heavy atom. The smallest absolute Gasteiger partial charge is 0.310 e. The third kappa shape index (κ3) is 2.68. The fraction of sp³-hybridized carbons (Fsp3) is 0.417. The summed E-state index contributed by atoms with van der Waals surface area (Å²) in [5.74, 6) is -0.188. The van der Waals surface area contributed by atoms with Crippen LogP contribution in [0.1, 0.15) is 0 Å². The second-order valence-corrected chi connectivity index (χ2v) is 4.80. The van der Waals surface area contributed by atoms with E-state index in [2.05, 4.69) is 10.6 Å². The molecule has 1 saturated heterocycles. The molecular weight excluding hydrogens is 284 g/mol. The number of benzene rings is 1. The SMILES string of the molecule is CNC(=O)C1CNCCN1c1cccc(Cl)c1[N+](=O)[O-]. The predicted octanol–water partition coefficient (Wildman–Crippen LogP) is 0.772. The molecule has 7 nitrogen and oxygen atoms in total. The van der Waals surface area contributed by atoms with Crippen LogP contribution >= 0.6 is 11.6 Å². The quantitative estimate of drug-likeness (QED) is 0.636. The molecule has 1 fully saturated rings. The van der Waals surface area contributed by atoms with Gasteiger partial charge in [0.1, 0.15) is 16.8 Å². The minimum atomic E-state index is -0.513. The van der Waals surface area contributed by atoms with Crippen LogP contribution in [-0.2, 0) is 4.79 Å². The molecule has 0 bridgehead atoms. The van der Waals surface area contributed by atoms with Gasteiger partial charge in [-0.15, -0.1) is 0 Å². The number of halogens is 1. The monoisotopic (exact) mass is 298 g/mol. The molecule has 1 atom stereocenters. The Morgan fingerprint density at radius 3 is 3.00 bits per heavy atom. The molecule has 1 unspecified atom stereocenters. The van der Waals surface area contributed by atoms with Crippen molar-refractivity contribution >= 4 is 28.9 Å². The number of piperazine rings is 1. The Kier molecular flexibility index (Phi) is 4.41. The first-order valence-corrected chi connectivity index (χ1v) is 6.56. The van der Waals surface area contributed by atoms with Crippen molar-refractivity contribution in [2.45, 2.75) is 6.04 Å². The molecule has 1 aliphatic heterocycles. The molecule has 1 aliphatic rings. The highest BCUT2D eigenvalue weighted by atomic mass is 35.5. The van der Waals surface area contributed by atoms with Gasteiger partial charge in [-0.25, -0.2) is 0 Å². The van der Waals surface area contributed by atoms with Crippen LogP contribution in [0.25, 0.3) is 0 Å². The van der Waals surface area contributed by atoms with E-state index in [9.17, 15) is 14.9 Å². The highest BCUT2D eigenvalue weighted by Crippen LogP contribution is 2.36. The number of nitrogens with zero attached hydrogens (tertiary/aromatic N) is 2. The van der Waals surface area contributed by atoms with Gasteiger partial charge in [0, 0.05) is 26.7 Å². The van der Waals surface area contributed by atoms with Gasteiger partial charge in [-0.2, -0.15) is 0 Å². The van der Waals surface area contributed by atoms with Crippen LogP contribution in [0.15, 0.2) is 18.2 Å².